The summed E-state index contributed by atoms with van der Waals surface area (Å²) in [5.74, 6) is 0. The van der Waals surface area contributed by atoms with Crippen LogP contribution >= 0.6 is 0 Å². The highest BCUT2D eigenvalue weighted by atomic mass is 16.6. The molecule has 16 heavy (non-hydrogen) atoms. The number of rotatable bonds is 1. The van der Waals surface area contributed by atoms with Crippen molar-refractivity contribution in [1.29, 1.82) is 0 Å². The number of carbonyl (C=O) groups excluding carboxylic acids is 1. The van der Waals surface area contributed by atoms with Gasteiger partial charge in [0, 0.05) is 32.4 Å². The molecule has 4 heteroatoms. The van der Waals surface area contributed by atoms with E-state index < -0.39 is 5.60 Å². The second kappa shape index (κ2) is 5.08. The lowest BCUT2D eigenvalue weighted by Crippen LogP contribution is -2.48. The Morgan fingerprint density at radius 3 is 2.31 bits per heavy atom. The highest BCUT2D eigenvalue weighted by Crippen LogP contribution is 2.11. The standard InChI is InChI=1S/C12H20N2O2/c1-5-6-13-7-9-14(10-8-13)11(15)16-12(2,3)4/h6H,1,7-10H2,2-4H3. The zero-order chi connectivity index (χ0) is 12.2. The molecule has 0 aromatic heterocycles. The van der Waals surface area contributed by atoms with Gasteiger partial charge in [-0.15, -0.1) is 5.73 Å². The van der Waals surface area contributed by atoms with E-state index in [1.54, 1.807) is 4.90 Å². The predicted molar refractivity (Wildman–Crippen MR) is 63.1 cm³/mol. The van der Waals surface area contributed by atoms with E-state index in [4.69, 9.17) is 4.74 Å². The van der Waals surface area contributed by atoms with Gasteiger partial charge < -0.3 is 14.5 Å². The Morgan fingerprint density at radius 2 is 1.88 bits per heavy atom. The van der Waals surface area contributed by atoms with Gasteiger partial charge in [0.25, 0.3) is 0 Å². The van der Waals surface area contributed by atoms with Crippen molar-refractivity contribution >= 4 is 6.09 Å². The summed E-state index contributed by atoms with van der Waals surface area (Å²) in [5, 5.41) is 0. The summed E-state index contributed by atoms with van der Waals surface area (Å²) in [4.78, 5) is 15.6. The number of amides is 1. The minimum atomic E-state index is -0.421. The largest absolute Gasteiger partial charge is 0.444 e. The van der Waals surface area contributed by atoms with E-state index in [2.05, 4.69) is 17.2 Å². The lowest BCUT2D eigenvalue weighted by molar-refractivity contribution is 0.0176. The number of hydrogen-bond donors (Lipinski definition) is 0. The predicted octanol–water partition coefficient (Wildman–Crippen LogP) is 1.84. The first-order chi connectivity index (χ1) is 7.42. The number of hydrogen-bond acceptors (Lipinski definition) is 3. The molecule has 1 fully saturated rings. The van der Waals surface area contributed by atoms with E-state index in [1.807, 2.05) is 27.0 Å². The van der Waals surface area contributed by atoms with E-state index >= 15 is 0 Å². The third-order valence-corrected chi connectivity index (χ3v) is 2.24. The Kier molecular flexibility index (Phi) is 4.02. The first kappa shape index (κ1) is 12.7. The summed E-state index contributed by atoms with van der Waals surface area (Å²) in [6.45, 7) is 12.1. The molecule has 1 heterocycles. The summed E-state index contributed by atoms with van der Waals surface area (Å²) in [7, 11) is 0. The monoisotopic (exact) mass is 224 g/mol. The maximum atomic E-state index is 11.7. The van der Waals surface area contributed by atoms with Crippen LogP contribution in [0.3, 0.4) is 0 Å². The Hall–Kier alpha value is -1.41. The van der Waals surface area contributed by atoms with Gasteiger partial charge in [0.05, 0.1) is 0 Å². The van der Waals surface area contributed by atoms with E-state index in [0.717, 1.165) is 13.1 Å². The third-order valence-electron chi connectivity index (χ3n) is 2.24. The minimum absolute atomic E-state index is 0.227. The van der Waals surface area contributed by atoms with Crippen molar-refractivity contribution in [2.45, 2.75) is 26.4 Å². The van der Waals surface area contributed by atoms with Gasteiger partial charge in [0.1, 0.15) is 5.60 Å². The molecule has 0 bridgehead atoms. The van der Waals surface area contributed by atoms with Gasteiger partial charge in [0.2, 0.25) is 0 Å². The van der Waals surface area contributed by atoms with Crippen molar-refractivity contribution in [2.75, 3.05) is 26.2 Å². The molecule has 1 amide bonds. The third kappa shape index (κ3) is 3.99. The van der Waals surface area contributed by atoms with Crippen molar-refractivity contribution in [1.82, 2.24) is 9.80 Å². The Balaban J connectivity index is 2.42. The molecule has 0 radical (unpaired) electrons. The van der Waals surface area contributed by atoms with Gasteiger partial charge >= 0.3 is 6.09 Å². The molecule has 90 valence electrons. The van der Waals surface area contributed by atoms with Crippen LogP contribution in [0.15, 0.2) is 18.5 Å². The zero-order valence-corrected chi connectivity index (χ0v) is 10.3. The normalized spacial score (nSPS) is 16.7. The van der Waals surface area contributed by atoms with Crippen LogP contribution in [0, 0.1) is 0 Å². The maximum Gasteiger partial charge on any atom is 0.410 e. The number of piperazine rings is 1. The Bertz CT molecular complexity index is 293. The van der Waals surface area contributed by atoms with Crippen LogP contribution in [-0.4, -0.2) is 47.7 Å². The second-order valence-corrected chi connectivity index (χ2v) is 4.84. The van der Waals surface area contributed by atoms with Crippen molar-refractivity contribution in [3.8, 4) is 0 Å². The maximum absolute atomic E-state index is 11.7. The quantitative estimate of drug-likeness (QED) is 0.637. The van der Waals surface area contributed by atoms with E-state index in [0.29, 0.717) is 13.1 Å². The van der Waals surface area contributed by atoms with Crippen LogP contribution in [0.1, 0.15) is 20.8 Å². The topological polar surface area (TPSA) is 32.8 Å². The van der Waals surface area contributed by atoms with Gasteiger partial charge in [-0.25, -0.2) is 4.79 Å². The molecule has 1 rings (SSSR count). The summed E-state index contributed by atoms with van der Waals surface area (Å²) in [5.41, 5.74) is 2.31. The highest BCUT2D eigenvalue weighted by molar-refractivity contribution is 5.68. The van der Waals surface area contributed by atoms with Gasteiger partial charge in [-0.3, -0.25) is 0 Å². The van der Waals surface area contributed by atoms with Gasteiger partial charge in [-0.2, -0.15) is 0 Å². The molecule has 0 aromatic rings. The summed E-state index contributed by atoms with van der Waals surface area (Å²) < 4.78 is 5.30. The van der Waals surface area contributed by atoms with E-state index in [-0.39, 0.29) is 6.09 Å². The molecular weight excluding hydrogens is 204 g/mol. The van der Waals surface area contributed by atoms with Crippen molar-refractivity contribution < 1.29 is 9.53 Å². The van der Waals surface area contributed by atoms with E-state index in [1.165, 1.54) is 0 Å². The van der Waals surface area contributed by atoms with Gasteiger partial charge in [-0.05, 0) is 20.8 Å². The lowest BCUT2D eigenvalue weighted by Gasteiger charge is -2.34. The first-order valence-electron chi connectivity index (χ1n) is 5.50. The van der Waals surface area contributed by atoms with Crippen LogP contribution in [0.4, 0.5) is 4.79 Å². The SMILES string of the molecule is C=C=CN1CCN(C(=O)OC(C)(C)C)CC1. The van der Waals surface area contributed by atoms with Gasteiger partial charge in [0.15, 0.2) is 0 Å². The average molecular weight is 224 g/mol. The molecule has 0 spiro atoms. The molecule has 0 N–H and O–H groups in total. The molecular formula is C12H20N2O2. The number of nitrogens with zero attached hydrogens (tertiary/aromatic N) is 2. The summed E-state index contributed by atoms with van der Waals surface area (Å²) in [6, 6.07) is 0. The van der Waals surface area contributed by atoms with Crippen molar-refractivity contribution in [2.24, 2.45) is 0 Å². The van der Waals surface area contributed by atoms with Crippen molar-refractivity contribution in [3.63, 3.8) is 0 Å². The Morgan fingerprint density at radius 1 is 1.31 bits per heavy atom. The van der Waals surface area contributed by atoms with Crippen LogP contribution in [0.25, 0.3) is 0 Å². The zero-order valence-electron chi connectivity index (χ0n) is 10.3. The lowest BCUT2D eigenvalue weighted by atomic mass is 10.2. The highest BCUT2D eigenvalue weighted by Gasteiger charge is 2.24. The molecule has 0 unspecified atom stereocenters. The molecule has 1 aliphatic heterocycles. The molecule has 0 aliphatic carbocycles. The number of carbonyl (C=O) groups is 1. The Labute approximate surface area is 97.2 Å². The minimum Gasteiger partial charge on any atom is -0.444 e. The molecule has 1 saturated heterocycles. The molecule has 1 aliphatic rings. The smallest absolute Gasteiger partial charge is 0.410 e. The van der Waals surface area contributed by atoms with Crippen LogP contribution in [0.2, 0.25) is 0 Å². The van der Waals surface area contributed by atoms with E-state index in [9.17, 15) is 4.79 Å². The fourth-order valence-electron chi connectivity index (χ4n) is 1.49. The van der Waals surface area contributed by atoms with Crippen molar-refractivity contribution in [3.05, 3.63) is 18.5 Å². The van der Waals surface area contributed by atoms with Gasteiger partial charge in [-0.1, -0.05) is 6.58 Å². The van der Waals surface area contributed by atoms with Crippen LogP contribution in [0.5, 0.6) is 0 Å². The molecule has 0 aromatic carbocycles. The van der Waals surface area contributed by atoms with Crippen LogP contribution < -0.4 is 0 Å². The second-order valence-electron chi connectivity index (χ2n) is 4.84. The molecule has 0 atom stereocenters. The molecule has 4 nitrogen and oxygen atoms in total. The first-order valence-corrected chi connectivity index (χ1v) is 5.50. The fraction of sp³-hybridized carbons (Fsp3) is 0.667. The number of ether oxygens (including phenoxy) is 1. The fourth-order valence-corrected chi connectivity index (χ4v) is 1.49. The average Bonchev–Trinajstić information content (AvgIpc) is 2.16. The van der Waals surface area contributed by atoms with Crippen LogP contribution in [-0.2, 0) is 4.74 Å². The summed E-state index contributed by atoms with van der Waals surface area (Å²) >= 11 is 0. The molecule has 0 saturated carbocycles. The summed E-state index contributed by atoms with van der Waals surface area (Å²) in [6.07, 6.45) is 1.60.